The zero-order valence-electron chi connectivity index (χ0n) is 10.8. The van der Waals surface area contributed by atoms with E-state index in [1.165, 1.54) is 12.8 Å². The molecule has 2 rings (SSSR count). The molecule has 0 radical (unpaired) electrons. The number of unbranched alkanes of at least 4 members (excludes halogenated alkanes) is 3. The van der Waals surface area contributed by atoms with Crippen molar-refractivity contribution >= 4 is 43.5 Å². The number of benzene rings is 1. The highest BCUT2D eigenvalue weighted by atomic mass is 79.9. The number of rotatable bonds is 5. The van der Waals surface area contributed by atoms with Crippen LogP contribution < -0.4 is 4.90 Å². The van der Waals surface area contributed by atoms with Crippen molar-refractivity contribution in [2.45, 2.75) is 35.8 Å². The molecule has 1 aromatic rings. The molecule has 0 spiro atoms. The number of halogens is 2. The molecule has 5 heteroatoms. The van der Waals surface area contributed by atoms with Crippen LogP contribution in [-0.2, 0) is 8.03 Å². The molecule has 0 saturated heterocycles. The van der Waals surface area contributed by atoms with Crippen molar-refractivity contribution in [2.24, 2.45) is 0 Å². The lowest BCUT2D eigenvalue weighted by atomic mass is 10.1. The Morgan fingerprint density at radius 2 is 2.00 bits per heavy atom. The third kappa shape index (κ3) is 2.82. The third-order valence-electron chi connectivity index (χ3n) is 3.36. The van der Waals surface area contributed by atoms with Crippen LogP contribution in [0.5, 0.6) is 5.75 Å². The number of amides is 1. The Bertz CT molecular complexity index is 488. The summed E-state index contributed by atoms with van der Waals surface area (Å²) in [5.74, 6) is 0.146. The van der Waals surface area contributed by atoms with Gasteiger partial charge in [0.2, 0.25) is 0 Å². The molecule has 0 bridgehead atoms. The number of nitrogens with zero attached hydrogens (tertiary/aromatic N) is 1. The maximum atomic E-state index is 12.4. The highest BCUT2D eigenvalue weighted by Crippen LogP contribution is 2.51. The van der Waals surface area contributed by atoms with E-state index in [1.807, 2.05) is 0 Å². The lowest BCUT2D eigenvalue weighted by Gasteiger charge is -2.18. The molecule has 0 unspecified atom stereocenters. The second-order valence-electron chi connectivity index (χ2n) is 4.79. The first-order valence-corrected chi connectivity index (χ1v) is 8.10. The normalized spacial score (nSPS) is 16.8. The van der Waals surface area contributed by atoms with E-state index in [1.54, 1.807) is 23.1 Å². The third-order valence-corrected chi connectivity index (χ3v) is 4.89. The molecule has 0 saturated carbocycles. The average molecular weight is 391 g/mol. The molecular formula is C14H17Br2NO2. The zero-order valence-corrected chi connectivity index (χ0v) is 14.0. The van der Waals surface area contributed by atoms with E-state index in [0.29, 0.717) is 0 Å². The maximum absolute atomic E-state index is 12.4. The summed E-state index contributed by atoms with van der Waals surface area (Å²) in [6.07, 6.45) is 4.50. The minimum atomic E-state index is -0.904. The fourth-order valence-corrected chi connectivity index (χ4v) is 3.39. The van der Waals surface area contributed by atoms with Gasteiger partial charge in [-0.25, -0.2) is 0 Å². The Hall–Kier alpha value is -0.550. The van der Waals surface area contributed by atoms with Crippen molar-refractivity contribution in [1.82, 2.24) is 0 Å². The predicted octanol–water partition coefficient (Wildman–Crippen LogP) is 4.26. The summed E-state index contributed by atoms with van der Waals surface area (Å²) in [4.78, 5) is 14.2. The minimum Gasteiger partial charge on any atom is -0.508 e. The van der Waals surface area contributed by atoms with Crippen molar-refractivity contribution in [3.8, 4) is 5.75 Å². The van der Waals surface area contributed by atoms with Crippen molar-refractivity contribution in [3.05, 3.63) is 23.8 Å². The average Bonchev–Trinajstić information content (AvgIpc) is 2.55. The smallest absolute Gasteiger partial charge is 0.259 e. The number of alkyl halides is 2. The predicted molar refractivity (Wildman–Crippen MR) is 84.1 cm³/mol. The molecule has 104 valence electrons. The molecule has 0 atom stereocenters. The second kappa shape index (κ2) is 5.83. The molecule has 1 amide bonds. The lowest BCUT2D eigenvalue weighted by Crippen LogP contribution is -2.33. The lowest BCUT2D eigenvalue weighted by molar-refractivity contribution is -0.118. The monoisotopic (exact) mass is 389 g/mol. The first-order chi connectivity index (χ1) is 8.98. The fraction of sp³-hybridized carbons (Fsp3) is 0.500. The Morgan fingerprint density at radius 1 is 1.26 bits per heavy atom. The number of anilines is 1. The van der Waals surface area contributed by atoms with E-state index in [2.05, 4.69) is 38.8 Å². The van der Waals surface area contributed by atoms with Gasteiger partial charge in [-0.05, 0) is 24.6 Å². The molecule has 0 aliphatic carbocycles. The number of phenolic OH excluding ortho intramolecular Hbond substituents is 1. The quantitative estimate of drug-likeness (QED) is 0.602. The van der Waals surface area contributed by atoms with Gasteiger partial charge in [-0.2, -0.15) is 0 Å². The number of fused-ring (bicyclic) bond motifs is 1. The summed E-state index contributed by atoms with van der Waals surface area (Å²) in [7, 11) is 0. The van der Waals surface area contributed by atoms with Crippen LogP contribution in [0.1, 0.15) is 38.2 Å². The minimum absolute atomic E-state index is 0.0235. The van der Waals surface area contributed by atoms with Crippen molar-refractivity contribution < 1.29 is 9.90 Å². The van der Waals surface area contributed by atoms with Crippen molar-refractivity contribution in [2.75, 3.05) is 11.4 Å². The topological polar surface area (TPSA) is 40.5 Å². The molecule has 3 nitrogen and oxygen atoms in total. The zero-order chi connectivity index (χ0) is 14.0. The SMILES string of the molecule is CCCCCCN1C(=O)C(Br)(Br)c2cc(O)ccc21. The van der Waals surface area contributed by atoms with Crippen LogP contribution in [0.25, 0.3) is 0 Å². The summed E-state index contributed by atoms with van der Waals surface area (Å²) >= 11 is 6.84. The molecule has 1 heterocycles. The summed E-state index contributed by atoms with van der Waals surface area (Å²) in [5.41, 5.74) is 1.64. The Balaban J connectivity index is 2.20. The van der Waals surface area contributed by atoms with E-state index in [0.717, 1.165) is 30.6 Å². The largest absolute Gasteiger partial charge is 0.508 e. The maximum Gasteiger partial charge on any atom is 0.259 e. The summed E-state index contributed by atoms with van der Waals surface area (Å²) in [5, 5.41) is 9.58. The number of phenols is 1. The molecule has 1 aliphatic rings. The van der Waals surface area contributed by atoms with Gasteiger partial charge in [-0.3, -0.25) is 4.79 Å². The van der Waals surface area contributed by atoms with E-state index in [9.17, 15) is 9.90 Å². The number of carbonyl (C=O) groups excluding carboxylic acids is 1. The van der Waals surface area contributed by atoms with Crippen LogP contribution in [-0.4, -0.2) is 17.6 Å². The van der Waals surface area contributed by atoms with Gasteiger partial charge in [0.15, 0.2) is 3.23 Å². The van der Waals surface area contributed by atoms with E-state index in [4.69, 9.17) is 0 Å². The van der Waals surface area contributed by atoms with Gasteiger partial charge in [-0.15, -0.1) is 0 Å². The molecule has 1 aromatic carbocycles. The highest BCUT2D eigenvalue weighted by Gasteiger charge is 2.47. The molecule has 19 heavy (non-hydrogen) atoms. The van der Waals surface area contributed by atoms with E-state index >= 15 is 0 Å². The second-order valence-corrected chi connectivity index (χ2v) is 8.24. The summed E-state index contributed by atoms with van der Waals surface area (Å²) in [6, 6.07) is 5.04. The molecule has 1 N–H and O–H groups in total. The summed E-state index contributed by atoms with van der Waals surface area (Å²) < 4.78 is -0.904. The van der Waals surface area contributed by atoms with Gasteiger partial charge in [0.05, 0.1) is 0 Å². The molecule has 0 fully saturated rings. The fourth-order valence-electron chi connectivity index (χ4n) is 2.32. The summed E-state index contributed by atoms with van der Waals surface area (Å²) in [6.45, 7) is 2.89. The van der Waals surface area contributed by atoms with Crippen LogP contribution in [0.3, 0.4) is 0 Å². The van der Waals surface area contributed by atoms with Crippen LogP contribution in [0.2, 0.25) is 0 Å². The first kappa shape index (κ1) is 14.9. The number of aromatic hydroxyl groups is 1. The van der Waals surface area contributed by atoms with Crippen LogP contribution in [0, 0.1) is 0 Å². The standard InChI is InChI=1S/C14H17Br2NO2/c1-2-3-4-5-8-17-12-7-6-10(18)9-11(12)14(15,16)13(17)19/h6-7,9,18H,2-5,8H2,1H3. The first-order valence-electron chi connectivity index (χ1n) is 6.51. The van der Waals surface area contributed by atoms with Gasteiger partial charge in [-0.1, -0.05) is 58.0 Å². The number of hydrogen-bond donors (Lipinski definition) is 1. The van der Waals surface area contributed by atoms with Crippen molar-refractivity contribution in [3.63, 3.8) is 0 Å². The Labute approximate surface area is 130 Å². The van der Waals surface area contributed by atoms with E-state index in [-0.39, 0.29) is 11.7 Å². The van der Waals surface area contributed by atoms with Gasteiger partial charge >= 0.3 is 0 Å². The Morgan fingerprint density at radius 3 is 2.68 bits per heavy atom. The van der Waals surface area contributed by atoms with Gasteiger partial charge in [0.1, 0.15) is 5.75 Å². The van der Waals surface area contributed by atoms with Crippen LogP contribution in [0.15, 0.2) is 18.2 Å². The molecule has 1 aliphatic heterocycles. The van der Waals surface area contributed by atoms with Crippen molar-refractivity contribution in [1.29, 1.82) is 0 Å². The highest BCUT2D eigenvalue weighted by molar-refractivity contribution is 9.25. The van der Waals surface area contributed by atoms with Gasteiger partial charge in [0.25, 0.3) is 5.91 Å². The molecular weight excluding hydrogens is 374 g/mol. The molecule has 0 aromatic heterocycles. The van der Waals surface area contributed by atoms with Gasteiger partial charge < -0.3 is 10.0 Å². The number of carbonyl (C=O) groups is 1. The van der Waals surface area contributed by atoms with E-state index < -0.39 is 3.23 Å². The Kier molecular flexibility index (Phi) is 4.56. The number of hydrogen-bond acceptors (Lipinski definition) is 2. The van der Waals surface area contributed by atoms with Crippen LogP contribution in [0.4, 0.5) is 5.69 Å². The van der Waals surface area contributed by atoms with Crippen LogP contribution >= 0.6 is 31.9 Å². The van der Waals surface area contributed by atoms with Gasteiger partial charge in [0, 0.05) is 17.8 Å².